The molecule has 0 rings (SSSR count). The first-order valence-electron chi connectivity index (χ1n) is 3.16. The molecule has 0 spiro atoms. The summed E-state index contributed by atoms with van der Waals surface area (Å²) in [5.74, 6) is 0. The summed E-state index contributed by atoms with van der Waals surface area (Å²) in [6, 6.07) is 0. The van der Waals surface area contributed by atoms with Crippen molar-refractivity contribution in [1.82, 2.24) is 5.32 Å². The maximum atomic E-state index is 5.58. The molecule has 3 N–H and O–H groups in total. The summed E-state index contributed by atoms with van der Waals surface area (Å²) in [5.41, 5.74) is 6.62. The molecule has 0 aromatic carbocycles. The summed E-state index contributed by atoms with van der Waals surface area (Å²) in [6.07, 6.45) is 0.965. The second-order valence-electron chi connectivity index (χ2n) is 1.87. The molecular formula is C6H12Cl2N2. The van der Waals surface area contributed by atoms with Crippen LogP contribution in [0.4, 0.5) is 0 Å². The van der Waals surface area contributed by atoms with Crippen molar-refractivity contribution in [2.24, 2.45) is 5.73 Å². The second kappa shape index (κ2) is 7.35. The van der Waals surface area contributed by atoms with Crippen LogP contribution in [0.25, 0.3) is 0 Å². The zero-order valence-electron chi connectivity index (χ0n) is 5.74. The predicted molar refractivity (Wildman–Crippen MR) is 46.3 cm³/mol. The summed E-state index contributed by atoms with van der Waals surface area (Å²) >= 11 is 10.9. The van der Waals surface area contributed by atoms with Gasteiger partial charge in [-0.15, -0.1) is 0 Å². The van der Waals surface area contributed by atoms with E-state index in [9.17, 15) is 0 Å². The fraction of sp³-hybridized carbons (Fsp3) is 0.667. The van der Waals surface area contributed by atoms with Crippen molar-refractivity contribution in [2.75, 3.05) is 19.6 Å². The van der Waals surface area contributed by atoms with Crippen molar-refractivity contribution >= 4 is 23.2 Å². The topological polar surface area (TPSA) is 38.0 Å². The molecule has 60 valence electrons. The van der Waals surface area contributed by atoms with Gasteiger partial charge in [0.2, 0.25) is 0 Å². The molecule has 2 nitrogen and oxygen atoms in total. The molecule has 10 heavy (non-hydrogen) atoms. The highest BCUT2D eigenvalue weighted by Gasteiger charge is 1.88. The Labute approximate surface area is 71.4 Å². The quantitative estimate of drug-likeness (QED) is 0.629. The van der Waals surface area contributed by atoms with Gasteiger partial charge in [-0.2, -0.15) is 0 Å². The maximum Gasteiger partial charge on any atom is 0.0431 e. The SMILES string of the molecule is NCCCNCC(Cl)=CCl. The Hall–Kier alpha value is 0.240. The van der Waals surface area contributed by atoms with E-state index in [1.54, 1.807) is 0 Å². The lowest BCUT2D eigenvalue weighted by atomic mass is 10.4. The number of hydrogen-bond acceptors (Lipinski definition) is 2. The van der Waals surface area contributed by atoms with Crippen LogP contribution in [0.15, 0.2) is 10.6 Å². The van der Waals surface area contributed by atoms with Crippen molar-refractivity contribution in [3.05, 3.63) is 10.6 Å². The van der Waals surface area contributed by atoms with Gasteiger partial charge in [0.05, 0.1) is 0 Å². The van der Waals surface area contributed by atoms with E-state index in [1.165, 1.54) is 5.54 Å². The average molecular weight is 183 g/mol. The molecule has 0 radical (unpaired) electrons. The summed E-state index contributed by atoms with van der Waals surface area (Å²) in [4.78, 5) is 0. The summed E-state index contributed by atoms with van der Waals surface area (Å²) in [5, 5.41) is 3.70. The van der Waals surface area contributed by atoms with Gasteiger partial charge in [0, 0.05) is 17.1 Å². The zero-order valence-corrected chi connectivity index (χ0v) is 7.25. The molecule has 0 aliphatic carbocycles. The molecular weight excluding hydrogens is 171 g/mol. The molecule has 0 amide bonds. The molecule has 0 aromatic heterocycles. The number of rotatable bonds is 5. The standard InChI is InChI=1S/C6H12Cl2N2/c7-4-6(8)5-10-3-1-2-9/h4,10H,1-3,5,9H2. The van der Waals surface area contributed by atoms with Crippen LogP contribution >= 0.6 is 23.2 Å². The van der Waals surface area contributed by atoms with E-state index >= 15 is 0 Å². The average Bonchev–Trinajstić information content (AvgIpc) is 1.98. The smallest absolute Gasteiger partial charge is 0.0431 e. The monoisotopic (exact) mass is 182 g/mol. The first kappa shape index (κ1) is 10.2. The number of hydrogen-bond donors (Lipinski definition) is 2. The lowest BCUT2D eigenvalue weighted by molar-refractivity contribution is 0.697. The molecule has 0 heterocycles. The molecule has 0 bridgehead atoms. The third-order valence-electron chi connectivity index (χ3n) is 0.970. The minimum atomic E-state index is 0.624. The molecule has 0 aliphatic rings. The summed E-state index contributed by atoms with van der Waals surface area (Å²) in [6.45, 7) is 2.22. The third kappa shape index (κ3) is 6.36. The Bertz CT molecular complexity index is 104. The number of halogens is 2. The molecule has 0 saturated heterocycles. The molecule has 0 saturated carbocycles. The number of nitrogens with two attached hydrogens (primary N) is 1. The van der Waals surface area contributed by atoms with Crippen molar-refractivity contribution in [1.29, 1.82) is 0 Å². The van der Waals surface area contributed by atoms with Crippen molar-refractivity contribution in [2.45, 2.75) is 6.42 Å². The van der Waals surface area contributed by atoms with Crippen LogP contribution in [0.2, 0.25) is 0 Å². The number of nitrogens with one attached hydrogen (secondary N) is 1. The summed E-state index contributed by atoms with van der Waals surface area (Å²) < 4.78 is 0. The van der Waals surface area contributed by atoms with Crippen LogP contribution in [0.3, 0.4) is 0 Å². The van der Waals surface area contributed by atoms with Gasteiger partial charge in [0.1, 0.15) is 0 Å². The van der Waals surface area contributed by atoms with E-state index in [0.29, 0.717) is 18.1 Å². The minimum Gasteiger partial charge on any atom is -0.330 e. The van der Waals surface area contributed by atoms with E-state index in [0.717, 1.165) is 13.0 Å². The largest absolute Gasteiger partial charge is 0.330 e. The molecule has 0 unspecified atom stereocenters. The van der Waals surface area contributed by atoms with Crippen LogP contribution < -0.4 is 11.1 Å². The maximum absolute atomic E-state index is 5.58. The third-order valence-corrected chi connectivity index (χ3v) is 1.59. The fourth-order valence-corrected chi connectivity index (χ4v) is 0.645. The van der Waals surface area contributed by atoms with E-state index in [2.05, 4.69) is 5.32 Å². The second-order valence-corrected chi connectivity index (χ2v) is 2.58. The van der Waals surface area contributed by atoms with Crippen LogP contribution in [0.5, 0.6) is 0 Å². The molecule has 0 atom stereocenters. The first-order chi connectivity index (χ1) is 4.81. The molecule has 0 aromatic rings. The van der Waals surface area contributed by atoms with Gasteiger partial charge in [-0.25, -0.2) is 0 Å². The lowest BCUT2D eigenvalue weighted by Gasteiger charge is -2.00. The van der Waals surface area contributed by atoms with E-state index in [1.807, 2.05) is 0 Å². The highest BCUT2D eigenvalue weighted by Crippen LogP contribution is 1.99. The van der Waals surface area contributed by atoms with Gasteiger partial charge in [-0.1, -0.05) is 23.2 Å². The van der Waals surface area contributed by atoms with E-state index in [4.69, 9.17) is 28.9 Å². The highest BCUT2D eigenvalue weighted by molar-refractivity contribution is 6.36. The van der Waals surface area contributed by atoms with Crippen molar-refractivity contribution < 1.29 is 0 Å². The van der Waals surface area contributed by atoms with Gasteiger partial charge >= 0.3 is 0 Å². The lowest BCUT2D eigenvalue weighted by Crippen LogP contribution is -2.19. The van der Waals surface area contributed by atoms with Gasteiger partial charge in [-0.05, 0) is 19.5 Å². The Morgan fingerprint density at radius 3 is 2.80 bits per heavy atom. The highest BCUT2D eigenvalue weighted by atomic mass is 35.5. The molecule has 0 aliphatic heterocycles. The Kier molecular flexibility index (Phi) is 7.52. The van der Waals surface area contributed by atoms with E-state index in [-0.39, 0.29) is 0 Å². The zero-order chi connectivity index (χ0) is 7.82. The van der Waals surface area contributed by atoms with Crippen molar-refractivity contribution in [3.63, 3.8) is 0 Å². The normalized spacial score (nSPS) is 12.1. The van der Waals surface area contributed by atoms with E-state index < -0.39 is 0 Å². The van der Waals surface area contributed by atoms with Crippen LogP contribution in [-0.2, 0) is 0 Å². The van der Waals surface area contributed by atoms with Crippen LogP contribution in [-0.4, -0.2) is 19.6 Å². The fourth-order valence-electron chi connectivity index (χ4n) is 0.473. The Balaban J connectivity index is 3.04. The van der Waals surface area contributed by atoms with Gasteiger partial charge in [0.25, 0.3) is 0 Å². The van der Waals surface area contributed by atoms with Crippen molar-refractivity contribution in [3.8, 4) is 0 Å². The van der Waals surface area contributed by atoms with Crippen LogP contribution in [0.1, 0.15) is 6.42 Å². The molecule has 4 heteroatoms. The van der Waals surface area contributed by atoms with Gasteiger partial charge < -0.3 is 11.1 Å². The van der Waals surface area contributed by atoms with Gasteiger partial charge in [0.15, 0.2) is 0 Å². The van der Waals surface area contributed by atoms with Gasteiger partial charge in [-0.3, -0.25) is 0 Å². The minimum absolute atomic E-state index is 0.624. The molecule has 0 fully saturated rings. The van der Waals surface area contributed by atoms with Crippen LogP contribution in [0, 0.1) is 0 Å². The Morgan fingerprint density at radius 2 is 2.30 bits per heavy atom. The Morgan fingerprint density at radius 1 is 1.60 bits per heavy atom. The first-order valence-corrected chi connectivity index (χ1v) is 3.98. The summed E-state index contributed by atoms with van der Waals surface area (Å²) in [7, 11) is 0. The predicted octanol–water partition coefficient (Wildman–Crippen LogP) is 1.24.